The fourth-order valence-corrected chi connectivity index (χ4v) is 5.30. The van der Waals surface area contributed by atoms with Crippen LogP contribution >= 0.6 is 0 Å². The molecule has 0 fully saturated rings. The minimum atomic E-state index is 0.828. The van der Waals surface area contributed by atoms with Crippen molar-refractivity contribution in [1.82, 2.24) is 14.2 Å². The Balaban J connectivity index is 1.50. The summed E-state index contributed by atoms with van der Waals surface area (Å²) in [5.41, 5.74) is 7.39. The minimum Gasteiger partial charge on any atom is -0.336 e. The van der Waals surface area contributed by atoms with E-state index < -0.39 is 0 Å². The summed E-state index contributed by atoms with van der Waals surface area (Å²) in [5, 5.41) is 11.1. The van der Waals surface area contributed by atoms with Crippen LogP contribution < -0.4 is 0 Å². The minimum absolute atomic E-state index is 0.828. The Bertz CT molecular complexity index is 1760. The number of fused-ring (bicyclic) bond motifs is 9. The zero-order valence-corrected chi connectivity index (χ0v) is 17.8. The van der Waals surface area contributed by atoms with Gasteiger partial charge in [0.1, 0.15) is 0 Å². The van der Waals surface area contributed by atoms with Crippen molar-refractivity contribution < 1.29 is 0 Å². The molecule has 7 rings (SSSR count). The standard InChI is InChI=1S/C29H21N3/c1-19-17-30-32-28-15-14-20(16-25(28)21-8-2-3-11-24(21)29(19)32)18-31-26-12-6-4-9-22(26)23-10-5-7-13-27(23)31/h2-17H,18H2,1H3. The van der Waals surface area contributed by atoms with Crippen LogP contribution in [0.25, 0.3) is 49.0 Å². The Kier molecular flexibility index (Phi) is 3.54. The smallest absolute Gasteiger partial charge is 0.0776 e. The number of rotatable bonds is 2. The normalized spacial score (nSPS) is 12.0. The van der Waals surface area contributed by atoms with Crippen LogP contribution in [0.5, 0.6) is 0 Å². The van der Waals surface area contributed by atoms with E-state index in [1.54, 1.807) is 0 Å². The molecule has 3 heteroatoms. The van der Waals surface area contributed by atoms with E-state index in [-0.39, 0.29) is 0 Å². The molecule has 32 heavy (non-hydrogen) atoms. The molecule has 0 atom stereocenters. The van der Waals surface area contributed by atoms with Gasteiger partial charge >= 0.3 is 0 Å². The molecule has 0 N–H and O–H groups in total. The van der Waals surface area contributed by atoms with E-state index in [4.69, 9.17) is 5.10 Å². The quantitative estimate of drug-likeness (QED) is 0.278. The summed E-state index contributed by atoms with van der Waals surface area (Å²) in [6, 6.07) is 32.9. The van der Waals surface area contributed by atoms with Gasteiger partial charge in [0, 0.05) is 39.1 Å². The van der Waals surface area contributed by atoms with E-state index in [2.05, 4.69) is 107 Å². The van der Waals surface area contributed by atoms with Gasteiger partial charge in [0.15, 0.2) is 0 Å². The molecule has 3 aromatic heterocycles. The molecule has 3 nitrogen and oxygen atoms in total. The van der Waals surface area contributed by atoms with Gasteiger partial charge in [0.05, 0.1) is 17.2 Å². The number of hydrogen-bond donors (Lipinski definition) is 0. The van der Waals surface area contributed by atoms with Crippen molar-refractivity contribution in [2.75, 3.05) is 0 Å². The SMILES string of the molecule is Cc1cnn2c3ccc(Cn4c5ccccc5c5ccccc54)cc3c3ccccc3c12. The highest BCUT2D eigenvalue weighted by atomic mass is 15.2. The van der Waals surface area contributed by atoms with Gasteiger partial charge in [0.2, 0.25) is 0 Å². The van der Waals surface area contributed by atoms with Crippen molar-refractivity contribution in [3.8, 4) is 0 Å². The highest BCUT2D eigenvalue weighted by Gasteiger charge is 2.14. The molecule has 0 radical (unpaired) electrons. The highest BCUT2D eigenvalue weighted by Crippen LogP contribution is 2.33. The van der Waals surface area contributed by atoms with Gasteiger partial charge in [-0.1, -0.05) is 66.7 Å². The Hall–Kier alpha value is -4.11. The van der Waals surface area contributed by atoms with Gasteiger partial charge in [-0.15, -0.1) is 0 Å². The summed E-state index contributed by atoms with van der Waals surface area (Å²) in [7, 11) is 0. The van der Waals surface area contributed by atoms with Crippen LogP contribution in [0.4, 0.5) is 0 Å². The summed E-state index contributed by atoms with van der Waals surface area (Å²) in [5.74, 6) is 0. The second kappa shape index (κ2) is 6.44. The largest absolute Gasteiger partial charge is 0.336 e. The molecular weight excluding hydrogens is 390 g/mol. The number of aromatic nitrogens is 3. The Morgan fingerprint density at radius 3 is 1.97 bits per heavy atom. The molecule has 0 saturated heterocycles. The first-order chi connectivity index (χ1) is 15.8. The van der Waals surface area contributed by atoms with Crippen molar-refractivity contribution in [3.05, 3.63) is 108 Å². The lowest BCUT2D eigenvalue weighted by Crippen LogP contribution is -2.00. The average Bonchev–Trinajstić information content (AvgIpc) is 3.38. The number of nitrogens with zero attached hydrogens (tertiary/aromatic N) is 3. The van der Waals surface area contributed by atoms with Gasteiger partial charge in [-0.05, 0) is 47.7 Å². The topological polar surface area (TPSA) is 22.2 Å². The predicted octanol–water partition coefficient (Wildman–Crippen LogP) is 7.11. The van der Waals surface area contributed by atoms with Crippen LogP contribution in [0, 0.1) is 6.92 Å². The lowest BCUT2D eigenvalue weighted by Gasteiger charge is -2.12. The van der Waals surface area contributed by atoms with Crippen LogP contribution in [-0.2, 0) is 6.54 Å². The molecule has 0 saturated carbocycles. The lowest BCUT2D eigenvalue weighted by molar-refractivity contribution is 0.870. The van der Waals surface area contributed by atoms with Gasteiger partial charge in [-0.3, -0.25) is 0 Å². The maximum absolute atomic E-state index is 4.70. The molecule has 4 aromatic carbocycles. The number of aryl methyl sites for hydroxylation is 1. The van der Waals surface area contributed by atoms with Crippen molar-refractivity contribution in [1.29, 1.82) is 0 Å². The first-order valence-corrected chi connectivity index (χ1v) is 11.0. The second-order valence-corrected chi connectivity index (χ2v) is 8.61. The summed E-state index contributed by atoms with van der Waals surface area (Å²) in [6.07, 6.45) is 1.97. The van der Waals surface area contributed by atoms with Crippen molar-refractivity contribution in [2.24, 2.45) is 0 Å². The fourth-order valence-electron chi connectivity index (χ4n) is 5.30. The first-order valence-electron chi connectivity index (χ1n) is 11.0. The van der Waals surface area contributed by atoms with E-state index in [9.17, 15) is 0 Å². The van der Waals surface area contributed by atoms with E-state index in [1.807, 2.05) is 6.20 Å². The van der Waals surface area contributed by atoms with E-state index in [0.717, 1.165) is 12.1 Å². The van der Waals surface area contributed by atoms with Gasteiger partial charge in [0.25, 0.3) is 0 Å². The van der Waals surface area contributed by atoms with Crippen LogP contribution in [0.1, 0.15) is 11.1 Å². The van der Waals surface area contributed by atoms with E-state index in [0.29, 0.717) is 0 Å². The van der Waals surface area contributed by atoms with Gasteiger partial charge < -0.3 is 4.57 Å². The van der Waals surface area contributed by atoms with Crippen molar-refractivity contribution >= 4 is 49.0 Å². The van der Waals surface area contributed by atoms with Crippen LogP contribution in [-0.4, -0.2) is 14.2 Å². The Morgan fingerprint density at radius 2 is 1.25 bits per heavy atom. The zero-order valence-electron chi connectivity index (χ0n) is 17.8. The lowest BCUT2D eigenvalue weighted by atomic mass is 10.0. The molecule has 0 unspecified atom stereocenters. The first kappa shape index (κ1) is 17.6. The molecule has 0 amide bonds. The Morgan fingerprint density at radius 1 is 0.625 bits per heavy atom. The molecule has 152 valence electrons. The molecule has 7 aromatic rings. The summed E-state index contributed by atoms with van der Waals surface area (Å²) in [4.78, 5) is 0. The fraction of sp³-hybridized carbons (Fsp3) is 0.0690. The number of benzene rings is 4. The maximum atomic E-state index is 4.70. The van der Waals surface area contributed by atoms with Crippen LogP contribution in [0.3, 0.4) is 0 Å². The molecule has 0 aliphatic carbocycles. The molecular formula is C29H21N3. The maximum Gasteiger partial charge on any atom is 0.0776 e. The third kappa shape index (κ3) is 2.33. The monoisotopic (exact) mass is 411 g/mol. The van der Waals surface area contributed by atoms with E-state index >= 15 is 0 Å². The number of hydrogen-bond acceptors (Lipinski definition) is 1. The van der Waals surface area contributed by atoms with Crippen LogP contribution in [0.2, 0.25) is 0 Å². The average molecular weight is 412 g/mol. The van der Waals surface area contributed by atoms with E-state index in [1.165, 1.54) is 54.6 Å². The number of para-hydroxylation sites is 2. The predicted molar refractivity (Wildman–Crippen MR) is 133 cm³/mol. The van der Waals surface area contributed by atoms with Crippen molar-refractivity contribution in [2.45, 2.75) is 13.5 Å². The number of pyridine rings is 1. The summed E-state index contributed by atoms with van der Waals surface area (Å²) in [6.45, 7) is 2.96. The second-order valence-electron chi connectivity index (χ2n) is 8.61. The highest BCUT2D eigenvalue weighted by molar-refractivity contribution is 6.13. The third-order valence-electron chi connectivity index (χ3n) is 6.73. The molecule has 0 bridgehead atoms. The van der Waals surface area contributed by atoms with Gasteiger partial charge in [-0.25, -0.2) is 4.52 Å². The molecule has 0 aliphatic heterocycles. The Labute approximate surface area is 185 Å². The molecule has 0 aliphatic rings. The zero-order chi connectivity index (χ0) is 21.2. The summed E-state index contributed by atoms with van der Waals surface area (Å²) < 4.78 is 4.53. The molecule has 0 spiro atoms. The third-order valence-corrected chi connectivity index (χ3v) is 6.73. The van der Waals surface area contributed by atoms with Gasteiger partial charge in [-0.2, -0.15) is 5.10 Å². The summed E-state index contributed by atoms with van der Waals surface area (Å²) >= 11 is 0. The van der Waals surface area contributed by atoms with Crippen LogP contribution in [0.15, 0.2) is 97.2 Å². The molecule has 3 heterocycles. The van der Waals surface area contributed by atoms with Crippen molar-refractivity contribution in [3.63, 3.8) is 0 Å².